The van der Waals surface area contributed by atoms with E-state index in [0.29, 0.717) is 6.61 Å². The van der Waals surface area contributed by atoms with E-state index >= 15 is 0 Å². The number of aliphatic hydroxyl groups is 1. The van der Waals surface area contributed by atoms with E-state index in [2.05, 4.69) is 16.9 Å². The van der Waals surface area contributed by atoms with Crippen molar-refractivity contribution in [3.63, 3.8) is 0 Å². The second kappa shape index (κ2) is 5.47. The van der Waals surface area contributed by atoms with Gasteiger partial charge in [0.2, 0.25) is 0 Å². The van der Waals surface area contributed by atoms with Crippen molar-refractivity contribution in [2.24, 2.45) is 0 Å². The van der Waals surface area contributed by atoms with Gasteiger partial charge < -0.3 is 14.7 Å². The first-order valence-electron chi connectivity index (χ1n) is 6.10. The number of pyridine rings is 1. The summed E-state index contributed by atoms with van der Waals surface area (Å²) in [6.07, 6.45) is 4.30. The Kier molecular flexibility index (Phi) is 3.97. The van der Waals surface area contributed by atoms with Gasteiger partial charge in [0, 0.05) is 36.1 Å². The van der Waals surface area contributed by atoms with Crippen molar-refractivity contribution in [1.82, 2.24) is 9.88 Å². The van der Waals surface area contributed by atoms with Crippen LogP contribution in [-0.2, 0) is 6.61 Å². The number of rotatable bonds is 6. The summed E-state index contributed by atoms with van der Waals surface area (Å²) < 4.78 is 5.72. The Morgan fingerprint density at radius 2 is 2.29 bits per heavy atom. The van der Waals surface area contributed by atoms with Crippen LogP contribution in [0.3, 0.4) is 0 Å². The average Bonchev–Trinajstić information content (AvgIpc) is 3.13. The molecule has 0 spiro atoms. The predicted molar refractivity (Wildman–Crippen MR) is 66.0 cm³/mol. The van der Waals surface area contributed by atoms with Gasteiger partial charge in [-0.05, 0) is 26.8 Å². The zero-order chi connectivity index (χ0) is 12.3. The zero-order valence-electron chi connectivity index (χ0n) is 10.5. The Morgan fingerprint density at radius 1 is 1.53 bits per heavy atom. The van der Waals surface area contributed by atoms with Crippen molar-refractivity contribution < 1.29 is 9.84 Å². The Morgan fingerprint density at radius 3 is 2.94 bits per heavy atom. The van der Waals surface area contributed by atoms with Crippen molar-refractivity contribution in [1.29, 1.82) is 0 Å². The first kappa shape index (κ1) is 12.3. The third kappa shape index (κ3) is 3.41. The summed E-state index contributed by atoms with van der Waals surface area (Å²) in [6, 6.07) is 2.64. The molecule has 1 aliphatic carbocycles. The summed E-state index contributed by atoms with van der Waals surface area (Å²) in [5.74, 6) is 0.754. The summed E-state index contributed by atoms with van der Waals surface area (Å²) in [5.41, 5.74) is 1.66. The highest BCUT2D eigenvalue weighted by molar-refractivity contribution is 5.32. The molecule has 0 radical (unpaired) electrons. The van der Waals surface area contributed by atoms with Crippen LogP contribution in [0, 0.1) is 6.92 Å². The van der Waals surface area contributed by atoms with Crippen molar-refractivity contribution in [3.05, 3.63) is 23.5 Å². The van der Waals surface area contributed by atoms with E-state index < -0.39 is 0 Å². The first-order chi connectivity index (χ1) is 8.20. The molecule has 1 saturated carbocycles. The summed E-state index contributed by atoms with van der Waals surface area (Å²) in [7, 11) is 2.13. The monoisotopic (exact) mass is 236 g/mol. The third-order valence-corrected chi connectivity index (χ3v) is 3.12. The molecule has 1 fully saturated rings. The summed E-state index contributed by atoms with van der Waals surface area (Å²) in [4.78, 5) is 6.47. The Hall–Kier alpha value is -1.13. The van der Waals surface area contributed by atoms with Crippen LogP contribution < -0.4 is 4.74 Å². The number of hydrogen-bond acceptors (Lipinski definition) is 4. The molecule has 0 unspecified atom stereocenters. The number of hydrogen-bond donors (Lipinski definition) is 1. The lowest BCUT2D eigenvalue weighted by Crippen LogP contribution is -2.26. The normalized spacial score (nSPS) is 15.3. The van der Waals surface area contributed by atoms with Crippen LogP contribution in [0.25, 0.3) is 0 Å². The quantitative estimate of drug-likeness (QED) is 0.810. The van der Waals surface area contributed by atoms with Crippen LogP contribution in [0.4, 0.5) is 0 Å². The van der Waals surface area contributed by atoms with Gasteiger partial charge in [-0.1, -0.05) is 0 Å². The fraction of sp³-hybridized carbons (Fsp3) is 0.615. The number of likely N-dealkylation sites (N-methyl/N-ethyl adjacent to an activating group) is 1. The minimum atomic E-state index is -0.0267. The molecule has 2 rings (SSSR count). The van der Waals surface area contributed by atoms with Crippen molar-refractivity contribution in [3.8, 4) is 5.75 Å². The average molecular weight is 236 g/mol. The SMILES string of the molecule is Cc1cc(OCCN(C)C2CC2)c(CO)cn1. The lowest BCUT2D eigenvalue weighted by molar-refractivity contribution is 0.222. The molecule has 4 heteroatoms. The van der Waals surface area contributed by atoms with E-state index in [4.69, 9.17) is 4.74 Å². The number of ether oxygens (including phenoxy) is 1. The zero-order valence-corrected chi connectivity index (χ0v) is 10.5. The maximum Gasteiger partial charge on any atom is 0.128 e. The molecule has 94 valence electrons. The van der Waals surface area contributed by atoms with Gasteiger partial charge in [-0.2, -0.15) is 0 Å². The van der Waals surface area contributed by atoms with Gasteiger partial charge in [0.1, 0.15) is 12.4 Å². The molecule has 17 heavy (non-hydrogen) atoms. The van der Waals surface area contributed by atoms with Gasteiger partial charge in [0.05, 0.1) is 6.61 Å². The molecular weight excluding hydrogens is 216 g/mol. The number of nitrogens with zero attached hydrogens (tertiary/aromatic N) is 2. The second-order valence-corrected chi connectivity index (χ2v) is 4.65. The first-order valence-corrected chi connectivity index (χ1v) is 6.10. The largest absolute Gasteiger partial charge is 0.492 e. The van der Waals surface area contributed by atoms with E-state index in [0.717, 1.165) is 29.6 Å². The molecule has 1 aliphatic rings. The molecule has 1 aromatic heterocycles. The predicted octanol–water partition coefficient (Wildman–Crippen LogP) is 1.36. The van der Waals surface area contributed by atoms with Gasteiger partial charge in [0.25, 0.3) is 0 Å². The summed E-state index contributed by atoms with van der Waals surface area (Å²) >= 11 is 0. The molecule has 0 aromatic carbocycles. The van der Waals surface area contributed by atoms with E-state index in [9.17, 15) is 5.11 Å². The number of aromatic nitrogens is 1. The van der Waals surface area contributed by atoms with Crippen LogP contribution in [0.15, 0.2) is 12.3 Å². The summed E-state index contributed by atoms with van der Waals surface area (Å²) in [6.45, 7) is 3.48. The maximum atomic E-state index is 9.19. The highest BCUT2D eigenvalue weighted by atomic mass is 16.5. The van der Waals surface area contributed by atoms with Crippen LogP contribution in [0.2, 0.25) is 0 Å². The maximum absolute atomic E-state index is 9.19. The van der Waals surface area contributed by atoms with E-state index in [1.807, 2.05) is 13.0 Å². The minimum absolute atomic E-state index is 0.0267. The fourth-order valence-corrected chi connectivity index (χ4v) is 1.81. The smallest absolute Gasteiger partial charge is 0.128 e. The number of aryl methyl sites for hydroxylation is 1. The molecule has 0 atom stereocenters. The van der Waals surface area contributed by atoms with Gasteiger partial charge in [-0.3, -0.25) is 4.98 Å². The van der Waals surface area contributed by atoms with Crippen molar-refractivity contribution in [2.75, 3.05) is 20.2 Å². The molecule has 1 heterocycles. The molecule has 0 bridgehead atoms. The second-order valence-electron chi connectivity index (χ2n) is 4.65. The Labute approximate surface area is 102 Å². The van der Waals surface area contributed by atoms with Gasteiger partial charge in [0.15, 0.2) is 0 Å². The highest BCUT2D eigenvalue weighted by Crippen LogP contribution is 2.25. The van der Waals surface area contributed by atoms with Crippen LogP contribution in [-0.4, -0.2) is 41.2 Å². The molecular formula is C13H20N2O2. The minimum Gasteiger partial charge on any atom is -0.492 e. The third-order valence-electron chi connectivity index (χ3n) is 3.12. The van der Waals surface area contributed by atoms with Crippen LogP contribution >= 0.6 is 0 Å². The van der Waals surface area contributed by atoms with Crippen LogP contribution in [0.1, 0.15) is 24.1 Å². The molecule has 0 amide bonds. The van der Waals surface area contributed by atoms with Gasteiger partial charge in [-0.15, -0.1) is 0 Å². The van der Waals surface area contributed by atoms with Crippen molar-refractivity contribution >= 4 is 0 Å². The van der Waals surface area contributed by atoms with Crippen LogP contribution in [0.5, 0.6) is 5.75 Å². The Bertz CT molecular complexity index is 378. The number of aliphatic hydroxyl groups excluding tert-OH is 1. The Balaban J connectivity index is 1.86. The lowest BCUT2D eigenvalue weighted by atomic mass is 10.2. The fourth-order valence-electron chi connectivity index (χ4n) is 1.81. The summed E-state index contributed by atoms with van der Waals surface area (Å²) in [5, 5.41) is 9.19. The standard InChI is InChI=1S/C13H20N2O2/c1-10-7-13(11(9-16)8-14-10)17-6-5-15(2)12-3-4-12/h7-8,12,16H,3-6,9H2,1-2H3. The molecule has 1 aromatic rings. The van der Waals surface area contributed by atoms with Gasteiger partial charge in [-0.25, -0.2) is 0 Å². The topological polar surface area (TPSA) is 45.6 Å². The van der Waals surface area contributed by atoms with E-state index in [1.54, 1.807) is 6.20 Å². The molecule has 4 nitrogen and oxygen atoms in total. The van der Waals surface area contributed by atoms with E-state index in [1.165, 1.54) is 12.8 Å². The van der Waals surface area contributed by atoms with Gasteiger partial charge >= 0.3 is 0 Å². The molecule has 1 N–H and O–H groups in total. The highest BCUT2D eigenvalue weighted by Gasteiger charge is 2.25. The van der Waals surface area contributed by atoms with Crippen molar-refractivity contribution in [2.45, 2.75) is 32.4 Å². The molecule has 0 saturated heterocycles. The lowest BCUT2D eigenvalue weighted by Gasteiger charge is -2.17. The van der Waals surface area contributed by atoms with E-state index in [-0.39, 0.29) is 6.61 Å². The molecule has 0 aliphatic heterocycles.